The van der Waals surface area contributed by atoms with Crippen LogP contribution in [-0.4, -0.2) is 39.6 Å². The number of nitrogens with one attached hydrogen (secondary N) is 1. The highest BCUT2D eigenvalue weighted by atomic mass is 35.5. The number of carbonyl (C=O) groups excluding carboxylic acids is 1. The van der Waals surface area contributed by atoms with Crippen LogP contribution in [0.4, 0.5) is 0 Å². The van der Waals surface area contributed by atoms with Crippen LogP contribution in [0.25, 0.3) is 10.4 Å². The Morgan fingerprint density at radius 2 is 2.09 bits per heavy atom. The molecule has 0 radical (unpaired) electrons. The van der Waals surface area contributed by atoms with Crippen molar-refractivity contribution in [2.24, 2.45) is 10.9 Å². The minimum absolute atomic E-state index is 0. The van der Waals surface area contributed by atoms with Gasteiger partial charge in [0.05, 0.1) is 28.2 Å². The van der Waals surface area contributed by atoms with Crippen LogP contribution in [-0.2, 0) is 11.2 Å². The van der Waals surface area contributed by atoms with E-state index in [1.807, 2.05) is 24.0 Å². The molecule has 2 aliphatic heterocycles. The third-order valence-corrected chi connectivity index (χ3v) is 5.18. The van der Waals surface area contributed by atoms with Crippen LogP contribution >= 0.6 is 23.7 Å². The number of hydrogen-bond acceptors (Lipinski definition) is 5. The molecule has 0 bridgehead atoms. The quantitative estimate of drug-likeness (QED) is 0.899. The molecule has 1 amide bonds. The third kappa shape index (κ3) is 2.96. The van der Waals surface area contributed by atoms with Gasteiger partial charge in [0.25, 0.3) is 5.91 Å². The number of thiazole rings is 1. The van der Waals surface area contributed by atoms with Crippen LogP contribution in [0.2, 0.25) is 0 Å². The average molecular weight is 352 g/mol. The van der Waals surface area contributed by atoms with Crippen molar-refractivity contribution in [1.29, 1.82) is 0 Å². The van der Waals surface area contributed by atoms with Gasteiger partial charge >= 0.3 is 0 Å². The first-order valence-corrected chi connectivity index (χ1v) is 8.36. The molecule has 8 heteroatoms. The Hall–Kier alpha value is -1.57. The summed E-state index contributed by atoms with van der Waals surface area (Å²) >= 11 is 1.63. The smallest absolute Gasteiger partial charge is 0.253 e. The summed E-state index contributed by atoms with van der Waals surface area (Å²) in [6.07, 6.45) is 6.03. The summed E-state index contributed by atoms with van der Waals surface area (Å²) in [5.41, 5.74) is 1.97. The summed E-state index contributed by atoms with van der Waals surface area (Å²) < 4.78 is 1.89. The molecule has 2 aromatic rings. The van der Waals surface area contributed by atoms with Crippen LogP contribution in [0.3, 0.4) is 0 Å². The van der Waals surface area contributed by atoms with Gasteiger partial charge in [0.1, 0.15) is 5.84 Å². The summed E-state index contributed by atoms with van der Waals surface area (Å²) in [7, 11) is 0. The fraction of sp³-hybridized carbons (Fsp3) is 0.467. The summed E-state index contributed by atoms with van der Waals surface area (Å²) in [5.74, 6) is 1.06. The maximum absolute atomic E-state index is 12.1. The molecular weight excluding hydrogens is 334 g/mol. The number of carbonyl (C=O) groups is 1. The predicted molar refractivity (Wildman–Crippen MR) is 92.5 cm³/mol. The van der Waals surface area contributed by atoms with Gasteiger partial charge in [0.2, 0.25) is 0 Å². The lowest BCUT2D eigenvalue weighted by Gasteiger charge is -2.26. The van der Waals surface area contributed by atoms with E-state index in [0.717, 1.165) is 52.9 Å². The molecule has 0 atom stereocenters. The molecule has 0 saturated carbocycles. The number of fused-ring (bicyclic) bond motifs is 1. The molecule has 122 valence electrons. The minimum Gasteiger partial charge on any atom is -0.317 e. The van der Waals surface area contributed by atoms with E-state index in [1.54, 1.807) is 11.3 Å². The number of halogens is 1. The molecule has 1 saturated heterocycles. The van der Waals surface area contributed by atoms with Crippen LogP contribution in [0, 0.1) is 12.8 Å². The zero-order chi connectivity index (χ0) is 15.1. The first kappa shape index (κ1) is 16.3. The molecule has 6 nitrogen and oxygen atoms in total. The van der Waals surface area contributed by atoms with Crippen LogP contribution in [0.5, 0.6) is 0 Å². The Labute approximate surface area is 144 Å². The largest absolute Gasteiger partial charge is 0.317 e. The summed E-state index contributed by atoms with van der Waals surface area (Å²) in [5, 5.41) is 8.89. The molecule has 0 aliphatic carbocycles. The van der Waals surface area contributed by atoms with E-state index in [9.17, 15) is 4.79 Å². The molecule has 0 aromatic carbocycles. The van der Waals surface area contributed by atoms with Gasteiger partial charge in [0.15, 0.2) is 0 Å². The monoisotopic (exact) mass is 351 g/mol. The maximum atomic E-state index is 12.1. The van der Waals surface area contributed by atoms with Crippen molar-refractivity contribution in [2.75, 3.05) is 13.1 Å². The van der Waals surface area contributed by atoms with Crippen molar-refractivity contribution < 1.29 is 4.79 Å². The van der Waals surface area contributed by atoms with E-state index in [4.69, 9.17) is 0 Å². The second-order valence-corrected chi connectivity index (χ2v) is 6.96. The van der Waals surface area contributed by atoms with Crippen molar-refractivity contribution in [3.8, 4) is 10.4 Å². The average Bonchev–Trinajstić information content (AvgIpc) is 3.13. The summed E-state index contributed by atoms with van der Waals surface area (Å²) in [6.45, 7) is 3.92. The number of amides is 1. The number of aromatic nitrogens is 3. The Bertz CT molecular complexity index is 760. The predicted octanol–water partition coefficient (Wildman–Crippen LogP) is 2.07. The Morgan fingerprint density at radius 1 is 1.30 bits per heavy atom. The van der Waals surface area contributed by atoms with Crippen molar-refractivity contribution in [3.05, 3.63) is 23.1 Å². The first-order valence-electron chi connectivity index (χ1n) is 7.54. The minimum atomic E-state index is -0.0657. The highest BCUT2D eigenvalue weighted by Gasteiger charge is 2.30. The Morgan fingerprint density at radius 3 is 2.78 bits per heavy atom. The van der Waals surface area contributed by atoms with Crippen molar-refractivity contribution in [2.45, 2.75) is 26.2 Å². The molecule has 4 rings (SSSR count). The number of rotatable bonds is 2. The highest BCUT2D eigenvalue weighted by molar-refractivity contribution is 7.15. The van der Waals surface area contributed by atoms with Gasteiger partial charge in [-0.1, -0.05) is 0 Å². The molecule has 1 fully saturated rings. The molecule has 23 heavy (non-hydrogen) atoms. The molecule has 2 aliphatic rings. The zero-order valence-corrected chi connectivity index (χ0v) is 14.4. The van der Waals surface area contributed by atoms with Gasteiger partial charge in [-0.2, -0.15) is 10.1 Å². The zero-order valence-electron chi connectivity index (χ0n) is 12.8. The van der Waals surface area contributed by atoms with Crippen molar-refractivity contribution in [3.63, 3.8) is 0 Å². The second kappa shape index (κ2) is 6.51. The fourth-order valence-corrected chi connectivity index (χ4v) is 3.94. The van der Waals surface area contributed by atoms with Gasteiger partial charge < -0.3 is 5.32 Å². The standard InChI is InChI=1S/C15H17N5OS.ClH/c1-9-17-8-13(22-9)11-7-18-20-12(11)6-14(21)19-15(20)10-2-4-16-5-3-10;/h7-8,10,16H,2-6H2,1H3;1H. The normalized spacial score (nSPS) is 18.3. The number of piperidine rings is 1. The van der Waals surface area contributed by atoms with Gasteiger partial charge in [-0.15, -0.1) is 23.7 Å². The highest BCUT2D eigenvalue weighted by Crippen LogP contribution is 2.31. The van der Waals surface area contributed by atoms with Crippen molar-refractivity contribution >= 4 is 35.5 Å². The van der Waals surface area contributed by atoms with Crippen LogP contribution < -0.4 is 5.32 Å². The Balaban J connectivity index is 0.00000156. The van der Waals surface area contributed by atoms with Gasteiger partial charge in [0, 0.05) is 17.7 Å². The van der Waals surface area contributed by atoms with E-state index < -0.39 is 0 Å². The van der Waals surface area contributed by atoms with Gasteiger partial charge in [-0.05, 0) is 32.9 Å². The fourth-order valence-electron chi connectivity index (χ4n) is 3.14. The maximum Gasteiger partial charge on any atom is 0.253 e. The van der Waals surface area contributed by atoms with E-state index in [2.05, 4.69) is 20.4 Å². The van der Waals surface area contributed by atoms with Gasteiger partial charge in [-0.3, -0.25) is 4.79 Å². The van der Waals surface area contributed by atoms with E-state index in [-0.39, 0.29) is 18.3 Å². The van der Waals surface area contributed by atoms with Crippen LogP contribution in [0.15, 0.2) is 17.4 Å². The SMILES string of the molecule is Cc1ncc(-c2cnn3c2CC(=O)N=C3C2CCNCC2)s1.Cl. The number of aliphatic imine (C=N–C) groups is 1. The van der Waals surface area contributed by atoms with Crippen molar-refractivity contribution in [1.82, 2.24) is 20.1 Å². The topological polar surface area (TPSA) is 72.2 Å². The molecule has 2 aromatic heterocycles. The Kier molecular flexibility index (Phi) is 4.61. The third-order valence-electron chi connectivity index (χ3n) is 4.23. The van der Waals surface area contributed by atoms with E-state index in [1.165, 1.54) is 0 Å². The number of hydrogen-bond donors (Lipinski definition) is 1. The van der Waals surface area contributed by atoms with Gasteiger partial charge in [-0.25, -0.2) is 9.67 Å². The number of nitrogens with zero attached hydrogens (tertiary/aromatic N) is 4. The lowest BCUT2D eigenvalue weighted by molar-refractivity contribution is -0.117. The number of aryl methyl sites for hydroxylation is 1. The molecular formula is C15H18ClN5OS. The van der Waals surface area contributed by atoms with Crippen LogP contribution in [0.1, 0.15) is 23.5 Å². The first-order chi connectivity index (χ1) is 10.7. The summed E-state index contributed by atoms with van der Waals surface area (Å²) in [4.78, 5) is 21.8. The van der Waals surface area contributed by atoms with E-state index >= 15 is 0 Å². The molecule has 0 unspecified atom stereocenters. The lowest BCUT2D eigenvalue weighted by Crippen LogP contribution is -2.38. The lowest BCUT2D eigenvalue weighted by atomic mass is 9.95. The molecule has 0 spiro atoms. The molecule has 1 N–H and O–H groups in total. The van der Waals surface area contributed by atoms with E-state index in [0.29, 0.717) is 12.3 Å². The second-order valence-electron chi connectivity index (χ2n) is 5.73. The molecule has 4 heterocycles. The summed E-state index contributed by atoms with van der Waals surface area (Å²) in [6, 6.07) is 0.